The molecule has 95 valence electrons. The third-order valence-corrected chi connectivity index (χ3v) is 3.14. The molecule has 1 saturated heterocycles. The highest BCUT2D eigenvalue weighted by Crippen LogP contribution is 2.37. The van der Waals surface area contributed by atoms with Crippen molar-refractivity contribution in [1.29, 1.82) is 0 Å². The van der Waals surface area contributed by atoms with Gasteiger partial charge in [-0.05, 0) is 40.5 Å². The molecule has 1 aliphatic heterocycles. The van der Waals surface area contributed by atoms with Crippen LogP contribution in [0.5, 0.6) is 0 Å². The molecule has 1 atom stereocenters. The molecular formula is C11H23N2O3. The molecule has 0 amide bonds. The molecule has 1 radical (unpaired) electrons. The lowest BCUT2D eigenvalue weighted by molar-refractivity contribution is -0.276. The number of aliphatic hydroxyl groups excluding tert-OH is 1. The van der Waals surface area contributed by atoms with Gasteiger partial charge in [0.2, 0.25) is 6.41 Å². The fourth-order valence-electron chi connectivity index (χ4n) is 2.51. The normalized spacial score (nSPS) is 27.9. The molecule has 0 aromatic carbocycles. The summed E-state index contributed by atoms with van der Waals surface area (Å²) in [4.78, 5) is 0. The van der Waals surface area contributed by atoms with Gasteiger partial charge in [0.05, 0.1) is 6.10 Å². The summed E-state index contributed by atoms with van der Waals surface area (Å²) < 4.78 is 5.41. The Morgan fingerprint density at radius 3 is 2.06 bits per heavy atom. The molecule has 16 heavy (non-hydrogen) atoms. The minimum absolute atomic E-state index is 0.0906. The van der Waals surface area contributed by atoms with Crippen molar-refractivity contribution in [2.75, 3.05) is 7.05 Å². The summed E-state index contributed by atoms with van der Waals surface area (Å²) in [7, 11) is 1.52. The second-order valence-electron chi connectivity index (χ2n) is 5.69. The van der Waals surface area contributed by atoms with Crippen LogP contribution in [0.4, 0.5) is 0 Å². The fourth-order valence-corrected chi connectivity index (χ4v) is 2.51. The van der Waals surface area contributed by atoms with Crippen molar-refractivity contribution >= 4 is 0 Å². The zero-order valence-electron chi connectivity index (χ0n) is 10.8. The number of hydroxylamine groups is 2. The summed E-state index contributed by atoms with van der Waals surface area (Å²) in [6.07, 6.45) is 0.174. The summed E-state index contributed by atoms with van der Waals surface area (Å²) in [6, 6.07) is 0. The Morgan fingerprint density at radius 2 is 1.69 bits per heavy atom. The van der Waals surface area contributed by atoms with Crippen LogP contribution in [0, 0.1) is 0 Å². The summed E-state index contributed by atoms with van der Waals surface area (Å²) in [5, 5.41) is 24.5. The first-order valence-corrected chi connectivity index (χ1v) is 5.61. The molecular weight excluding hydrogens is 208 g/mol. The third kappa shape index (κ3) is 2.93. The van der Waals surface area contributed by atoms with E-state index in [0.717, 1.165) is 0 Å². The van der Waals surface area contributed by atoms with Crippen molar-refractivity contribution in [3.8, 4) is 0 Å². The van der Waals surface area contributed by atoms with Crippen LogP contribution in [-0.2, 0) is 4.74 Å². The van der Waals surface area contributed by atoms with Crippen LogP contribution >= 0.6 is 0 Å². The van der Waals surface area contributed by atoms with Gasteiger partial charge in [-0.1, -0.05) is 0 Å². The molecule has 2 N–H and O–H groups in total. The van der Waals surface area contributed by atoms with Crippen LogP contribution in [0.25, 0.3) is 0 Å². The van der Waals surface area contributed by atoms with Gasteiger partial charge in [-0.25, -0.2) is 0 Å². The van der Waals surface area contributed by atoms with E-state index in [4.69, 9.17) is 4.74 Å². The summed E-state index contributed by atoms with van der Waals surface area (Å²) >= 11 is 0. The minimum atomic E-state index is -1.07. The van der Waals surface area contributed by atoms with Crippen molar-refractivity contribution < 1.29 is 15.1 Å². The van der Waals surface area contributed by atoms with Crippen LogP contribution in [0.15, 0.2) is 0 Å². The molecule has 1 aliphatic rings. The zero-order chi connectivity index (χ0) is 12.6. The maximum atomic E-state index is 10.1. The first kappa shape index (κ1) is 13.9. The van der Waals surface area contributed by atoms with Crippen molar-refractivity contribution in [3.05, 3.63) is 0 Å². The van der Waals surface area contributed by atoms with Gasteiger partial charge in [-0.15, -0.1) is 0 Å². The van der Waals surface area contributed by atoms with E-state index in [1.165, 1.54) is 12.1 Å². The van der Waals surface area contributed by atoms with Gasteiger partial charge in [0.15, 0.2) is 0 Å². The lowest BCUT2D eigenvalue weighted by Crippen LogP contribution is -2.61. The highest BCUT2D eigenvalue weighted by atomic mass is 16.6. The SMILES string of the molecule is C[N]C(O)OC1CC(C)(C)N(O)C(C)(C)C1. The van der Waals surface area contributed by atoms with Gasteiger partial charge in [0.25, 0.3) is 0 Å². The number of rotatable bonds is 3. The molecule has 0 aliphatic carbocycles. The van der Waals surface area contributed by atoms with E-state index in [-0.39, 0.29) is 17.2 Å². The number of nitrogens with zero attached hydrogens (tertiary/aromatic N) is 2. The minimum Gasteiger partial charge on any atom is -0.355 e. The lowest BCUT2D eigenvalue weighted by Gasteiger charge is -2.51. The van der Waals surface area contributed by atoms with E-state index >= 15 is 0 Å². The van der Waals surface area contributed by atoms with E-state index in [2.05, 4.69) is 5.32 Å². The van der Waals surface area contributed by atoms with Crippen LogP contribution in [0.1, 0.15) is 40.5 Å². The molecule has 0 bridgehead atoms. The molecule has 0 spiro atoms. The first-order valence-electron chi connectivity index (χ1n) is 5.61. The van der Waals surface area contributed by atoms with Crippen molar-refractivity contribution in [2.24, 2.45) is 0 Å². The maximum Gasteiger partial charge on any atom is 0.229 e. The highest BCUT2D eigenvalue weighted by Gasteiger charge is 2.45. The Bertz CT molecular complexity index is 225. The number of piperidine rings is 1. The number of ether oxygens (including phenoxy) is 1. The largest absolute Gasteiger partial charge is 0.355 e. The van der Waals surface area contributed by atoms with Crippen molar-refractivity contribution in [2.45, 2.75) is 64.1 Å². The van der Waals surface area contributed by atoms with E-state index in [9.17, 15) is 10.3 Å². The maximum absolute atomic E-state index is 10.1. The van der Waals surface area contributed by atoms with Gasteiger partial charge >= 0.3 is 0 Å². The van der Waals surface area contributed by atoms with Gasteiger partial charge < -0.3 is 15.1 Å². The second-order valence-corrected chi connectivity index (χ2v) is 5.69. The van der Waals surface area contributed by atoms with Gasteiger partial charge in [0.1, 0.15) is 0 Å². The topological polar surface area (TPSA) is 67.0 Å². The molecule has 5 nitrogen and oxygen atoms in total. The van der Waals surface area contributed by atoms with E-state index in [1.54, 1.807) is 0 Å². The average Bonchev–Trinajstić information content (AvgIpc) is 2.13. The molecule has 0 aromatic heterocycles. The van der Waals surface area contributed by atoms with Crippen LogP contribution in [0.2, 0.25) is 0 Å². The Balaban J connectivity index is 2.71. The van der Waals surface area contributed by atoms with Gasteiger partial charge in [-0.2, -0.15) is 10.4 Å². The van der Waals surface area contributed by atoms with Gasteiger partial charge in [-0.3, -0.25) is 0 Å². The zero-order valence-corrected chi connectivity index (χ0v) is 10.8. The number of aliphatic hydroxyl groups is 1. The Morgan fingerprint density at radius 1 is 1.25 bits per heavy atom. The standard InChI is InChI=1S/C11H23N2O3/c1-10(2)6-8(16-9(14)12-5)7-11(3,4)13(10)15/h8-9,14-15H,6-7H2,1-5H3. The Kier molecular flexibility index (Phi) is 3.97. The van der Waals surface area contributed by atoms with Crippen molar-refractivity contribution in [1.82, 2.24) is 10.4 Å². The molecule has 5 heteroatoms. The predicted molar refractivity (Wildman–Crippen MR) is 60.0 cm³/mol. The van der Waals surface area contributed by atoms with Crippen LogP contribution in [-0.4, -0.2) is 46.0 Å². The predicted octanol–water partition coefficient (Wildman–Crippen LogP) is 0.924. The Hall–Kier alpha value is -0.200. The third-order valence-electron chi connectivity index (χ3n) is 3.14. The molecule has 1 rings (SSSR count). The Labute approximate surface area is 97.3 Å². The van der Waals surface area contributed by atoms with E-state index < -0.39 is 6.41 Å². The average molecular weight is 231 g/mol. The van der Waals surface area contributed by atoms with Crippen LogP contribution in [0.3, 0.4) is 0 Å². The highest BCUT2D eigenvalue weighted by molar-refractivity contribution is 4.96. The molecule has 1 unspecified atom stereocenters. The summed E-state index contributed by atoms with van der Waals surface area (Å²) in [5.41, 5.74) is -0.722. The summed E-state index contributed by atoms with van der Waals surface area (Å²) in [5.74, 6) is 0. The first-order chi connectivity index (χ1) is 7.19. The smallest absolute Gasteiger partial charge is 0.229 e. The lowest BCUT2D eigenvalue weighted by atomic mass is 9.80. The fraction of sp³-hybridized carbons (Fsp3) is 1.00. The van der Waals surface area contributed by atoms with Crippen LogP contribution < -0.4 is 5.32 Å². The quantitative estimate of drug-likeness (QED) is 0.709. The van der Waals surface area contributed by atoms with E-state index in [1.807, 2.05) is 27.7 Å². The monoisotopic (exact) mass is 231 g/mol. The van der Waals surface area contributed by atoms with Crippen molar-refractivity contribution in [3.63, 3.8) is 0 Å². The molecule has 0 saturated carbocycles. The molecule has 1 fully saturated rings. The van der Waals surface area contributed by atoms with Gasteiger partial charge in [0, 0.05) is 18.1 Å². The molecule has 1 heterocycles. The summed E-state index contributed by atoms with van der Waals surface area (Å²) in [6.45, 7) is 7.83. The second kappa shape index (κ2) is 4.58. The van der Waals surface area contributed by atoms with E-state index in [0.29, 0.717) is 12.8 Å². The number of hydrogen-bond acceptors (Lipinski definition) is 4. The molecule has 0 aromatic rings. The number of hydrogen-bond donors (Lipinski definition) is 2.